The molecule has 32 heavy (non-hydrogen) atoms. The Morgan fingerprint density at radius 3 is 2.44 bits per heavy atom. The molecule has 3 aromatic carbocycles. The third-order valence-electron chi connectivity index (χ3n) is 5.62. The lowest BCUT2D eigenvalue weighted by atomic mass is 9.92. The SMILES string of the molecule is CCOC(=O)C1=C(c2ccccc2)Nc2nc3ccccc3n2[C@H]1c1ccc(OC)cc1. The van der Waals surface area contributed by atoms with Crippen LogP contribution in [0.25, 0.3) is 16.7 Å². The molecule has 1 N–H and O–H groups in total. The zero-order valence-corrected chi connectivity index (χ0v) is 17.9. The molecule has 0 radical (unpaired) electrons. The van der Waals surface area contributed by atoms with Crippen molar-refractivity contribution in [2.45, 2.75) is 13.0 Å². The molecule has 0 saturated heterocycles. The number of fused-ring (bicyclic) bond motifs is 3. The number of anilines is 1. The van der Waals surface area contributed by atoms with E-state index in [1.165, 1.54) is 0 Å². The highest BCUT2D eigenvalue weighted by Crippen LogP contribution is 2.42. The zero-order valence-electron chi connectivity index (χ0n) is 17.9. The Kier molecular flexibility index (Phi) is 5.11. The van der Waals surface area contributed by atoms with Gasteiger partial charge in [-0.2, -0.15) is 0 Å². The standard InChI is InChI=1S/C26H23N3O3/c1-3-32-25(30)22-23(17-9-5-4-6-10-17)28-26-27-20-11-7-8-12-21(20)29(26)24(22)18-13-15-19(31-2)16-14-18/h4-16,24H,3H2,1-2H3,(H,27,28)/t24-/m0/s1. The fraction of sp³-hybridized carbons (Fsp3) is 0.154. The minimum atomic E-state index is -0.418. The molecule has 1 aliphatic heterocycles. The van der Waals surface area contributed by atoms with Gasteiger partial charge in [0, 0.05) is 0 Å². The summed E-state index contributed by atoms with van der Waals surface area (Å²) in [6.07, 6.45) is 0. The zero-order chi connectivity index (χ0) is 22.1. The van der Waals surface area contributed by atoms with Gasteiger partial charge in [0.25, 0.3) is 0 Å². The molecule has 4 aromatic rings. The number of carbonyl (C=O) groups is 1. The van der Waals surface area contributed by atoms with E-state index in [1.807, 2.05) is 85.8 Å². The number of para-hydroxylation sites is 2. The predicted molar refractivity (Wildman–Crippen MR) is 124 cm³/mol. The fourth-order valence-corrected chi connectivity index (χ4v) is 4.20. The molecule has 2 heterocycles. The first-order valence-corrected chi connectivity index (χ1v) is 10.6. The molecule has 0 spiro atoms. The van der Waals surface area contributed by atoms with Gasteiger partial charge < -0.3 is 14.8 Å². The van der Waals surface area contributed by atoms with Crippen molar-refractivity contribution in [2.24, 2.45) is 0 Å². The van der Waals surface area contributed by atoms with Crippen molar-refractivity contribution in [1.82, 2.24) is 9.55 Å². The highest BCUT2D eigenvalue weighted by molar-refractivity contribution is 6.03. The maximum atomic E-state index is 13.4. The van der Waals surface area contributed by atoms with E-state index in [4.69, 9.17) is 14.5 Å². The van der Waals surface area contributed by atoms with Gasteiger partial charge in [-0.3, -0.25) is 4.57 Å². The van der Waals surface area contributed by atoms with E-state index < -0.39 is 6.04 Å². The van der Waals surface area contributed by atoms with E-state index in [0.29, 0.717) is 17.2 Å². The van der Waals surface area contributed by atoms with Crippen molar-refractivity contribution in [3.63, 3.8) is 0 Å². The second kappa shape index (κ2) is 8.23. The van der Waals surface area contributed by atoms with Crippen LogP contribution in [-0.2, 0) is 9.53 Å². The molecule has 0 unspecified atom stereocenters. The van der Waals surface area contributed by atoms with Gasteiger partial charge in [0.1, 0.15) is 5.75 Å². The number of nitrogens with one attached hydrogen (secondary N) is 1. The number of imidazole rings is 1. The average Bonchev–Trinajstić information content (AvgIpc) is 3.22. The Morgan fingerprint density at radius 1 is 1.00 bits per heavy atom. The van der Waals surface area contributed by atoms with Crippen molar-refractivity contribution in [1.29, 1.82) is 0 Å². The number of benzene rings is 3. The van der Waals surface area contributed by atoms with Gasteiger partial charge in [-0.1, -0.05) is 54.6 Å². The number of carbonyl (C=O) groups excluding carboxylic acids is 1. The molecular formula is C26H23N3O3. The number of hydrogen-bond acceptors (Lipinski definition) is 5. The summed E-state index contributed by atoms with van der Waals surface area (Å²) in [6, 6.07) is 25.1. The Balaban J connectivity index is 1.81. The smallest absolute Gasteiger partial charge is 0.338 e. The van der Waals surface area contributed by atoms with E-state index in [2.05, 4.69) is 9.88 Å². The average molecular weight is 425 g/mol. The number of esters is 1. The number of aromatic nitrogens is 2. The highest BCUT2D eigenvalue weighted by Gasteiger charge is 2.36. The van der Waals surface area contributed by atoms with E-state index >= 15 is 0 Å². The van der Waals surface area contributed by atoms with Crippen LogP contribution in [-0.4, -0.2) is 29.2 Å². The lowest BCUT2D eigenvalue weighted by molar-refractivity contribution is -0.138. The summed E-state index contributed by atoms with van der Waals surface area (Å²) < 4.78 is 13.0. The molecule has 1 aromatic heterocycles. The molecule has 0 saturated carbocycles. The number of nitrogens with zero attached hydrogens (tertiary/aromatic N) is 2. The van der Waals surface area contributed by atoms with Gasteiger partial charge in [0.05, 0.1) is 42.1 Å². The number of ether oxygens (including phenoxy) is 2. The van der Waals surface area contributed by atoms with Crippen molar-refractivity contribution >= 4 is 28.6 Å². The molecule has 0 amide bonds. The van der Waals surface area contributed by atoms with Crippen LogP contribution in [0.15, 0.2) is 84.4 Å². The fourth-order valence-electron chi connectivity index (χ4n) is 4.20. The Morgan fingerprint density at radius 2 is 1.72 bits per heavy atom. The van der Waals surface area contributed by atoms with Gasteiger partial charge in [-0.05, 0) is 42.3 Å². The molecule has 0 bridgehead atoms. The minimum absolute atomic E-state index is 0.289. The van der Waals surface area contributed by atoms with Crippen molar-refractivity contribution in [3.8, 4) is 5.75 Å². The van der Waals surface area contributed by atoms with Crippen LogP contribution in [0.1, 0.15) is 24.1 Å². The molecule has 1 aliphatic rings. The molecule has 0 aliphatic carbocycles. The van der Waals surface area contributed by atoms with E-state index in [-0.39, 0.29) is 12.6 Å². The normalized spacial score (nSPS) is 15.2. The van der Waals surface area contributed by atoms with Crippen LogP contribution in [0.2, 0.25) is 0 Å². The topological polar surface area (TPSA) is 65.4 Å². The van der Waals surface area contributed by atoms with Crippen LogP contribution in [0.3, 0.4) is 0 Å². The van der Waals surface area contributed by atoms with Crippen molar-refractivity contribution < 1.29 is 14.3 Å². The van der Waals surface area contributed by atoms with Gasteiger partial charge in [-0.15, -0.1) is 0 Å². The van der Waals surface area contributed by atoms with E-state index in [0.717, 1.165) is 27.9 Å². The lowest BCUT2D eigenvalue weighted by Crippen LogP contribution is -2.29. The summed E-state index contributed by atoms with van der Waals surface area (Å²) in [6.45, 7) is 2.11. The highest BCUT2D eigenvalue weighted by atomic mass is 16.5. The van der Waals surface area contributed by atoms with E-state index in [9.17, 15) is 4.79 Å². The molecule has 6 heteroatoms. The number of rotatable bonds is 5. The second-order valence-electron chi connectivity index (χ2n) is 7.47. The first kappa shape index (κ1) is 19.9. The first-order valence-electron chi connectivity index (χ1n) is 10.6. The van der Waals surface area contributed by atoms with Crippen LogP contribution < -0.4 is 10.1 Å². The lowest BCUT2D eigenvalue weighted by Gasteiger charge is -2.31. The van der Waals surface area contributed by atoms with Gasteiger partial charge >= 0.3 is 5.97 Å². The molecule has 0 fully saturated rings. The van der Waals surface area contributed by atoms with Crippen LogP contribution in [0.5, 0.6) is 5.75 Å². The quantitative estimate of drug-likeness (QED) is 0.454. The van der Waals surface area contributed by atoms with E-state index in [1.54, 1.807) is 7.11 Å². The van der Waals surface area contributed by atoms with Crippen LogP contribution >= 0.6 is 0 Å². The number of methoxy groups -OCH3 is 1. The summed E-state index contributed by atoms with van der Waals surface area (Å²) in [7, 11) is 1.64. The first-order chi connectivity index (χ1) is 15.7. The largest absolute Gasteiger partial charge is 0.497 e. The van der Waals surface area contributed by atoms with Crippen LogP contribution in [0, 0.1) is 0 Å². The summed E-state index contributed by atoms with van der Waals surface area (Å²) in [5.41, 5.74) is 4.86. The maximum absolute atomic E-state index is 13.4. The summed E-state index contributed by atoms with van der Waals surface area (Å²) >= 11 is 0. The molecular weight excluding hydrogens is 402 g/mol. The molecule has 1 atom stereocenters. The maximum Gasteiger partial charge on any atom is 0.338 e. The van der Waals surface area contributed by atoms with Gasteiger partial charge in [0.2, 0.25) is 5.95 Å². The minimum Gasteiger partial charge on any atom is -0.497 e. The predicted octanol–water partition coefficient (Wildman–Crippen LogP) is 5.03. The Bertz CT molecular complexity index is 1310. The molecule has 160 valence electrons. The van der Waals surface area contributed by atoms with Crippen molar-refractivity contribution in [3.05, 3.63) is 95.6 Å². The molecule has 6 nitrogen and oxygen atoms in total. The Labute approximate surface area is 186 Å². The monoisotopic (exact) mass is 425 g/mol. The third kappa shape index (κ3) is 3.30. The second-order valence-corrected chi connectivity index (χ2v) is 7.47. The van der Waals surface area contributed by atoms with Gasteiger partial charge in [-0.25, -0.2) is 9.78 Å². The third-order valence-corrected chi connectivity index (χ3v) is 5.62. The Hall–Kier alpha value is -4.06. The summed E-state index contributed by atoms with van der Waals surface area (Å²) in [5, 5.41) is 3.42. The number of hydrogen-bond donors (Lipinski definition) is 1. The summed E-state index contributed by atoms with van der Waals surface area (Å²) in [4.78, 5) is 18.2. The van der Waals surface area contributed by atoms with Crippen LogP contribution in [0.4, 0.5) is 5.95 Å². The van der Waals surface area contributed by atoms with Crippen molar-refractivity contribution in [2.75, 3.05) is 19.0 Å². The van der Waals surface area contributed by atoms with Gasteiger partial charge in [0.15, 0.2) is 0 Å². The summed E-state index contributed by atoms with van der Waals surface area (Å²) in [5.74, 6) is 1.07. The molecule has 5 rings (SSSR count).